The molecule has 2 aromatic heterocycles. The maximum Gasteiger partial charge on any atom is 0.271 e. The van der Waals surface area contributed by atoms with Crippen LogP contribution in [0.5, 0.6) is 5.75 Å². The molecule has 0 aliphatic carbocycles. The topological polar surface area (TPSA) is 145 Å². The fourth-order valence-electron chi connectivity index (χ4n) is 7.81. The highest BCUT2D eigenvalue weighted by Gasteiger charge is 2.26. The predicted octanol–water partition coefficient (Wildman–Crippen LogP) is 9.05. The summed E-state index contributed by atoms with van der Waals surface area (Å²) in [6, 6.07) is 32.2. The third-order valence-corrected chi connectivity index (χ3v) is 15.8. The highest BCUT2D eigenvalue weighted by Crippen LogP contribution is 2.36. The highest BCUT2D eigenvalue weighted by atomic mass is 79.9. The molecule has 2 saturated heterocycles. The summed E-state index contributed by atoms with van der Waals surface area (Å²) in [5, 5.41) is 8.87. The van der Waals surface area contributed by atoms with Crippen molar-refractivity contribution in [2.75, 3.05) is 52.5 Å². The fourth-order valence-corrected chi connectivity index (χ4v) is 12.1. The SMILES string of the molecule is COc1ccc(N2C[C@@H](C)N[C@@H](C)C2)cc1NS(=O)(=O)c1ccc(Br)c2ccccc12.C[C@@H]1CN(c2ccc(Cl)c(NS(=O)(=O)c3ccc(-c4ccccn4)s3)c2)C[C@H](C)N1. The molecule has 0 unspecified atom stereocenters. The molecule has 0 bridgehead atoms. The molecule has 2 aliphatic heterocycles. The number of hydrogen-bond donors (Lipinski definition) is 4. The Labute approximate surface area is 375 Å². The van der Waals surface area contributed by atoms with Crippen LogP contribution < -0.4 is 34.6 Å². The molecule has 61 heavy (non-hydrogen) atoms. The number of anilines is 4. The lowest BCUT2D eigenvalue weighted by molar-refractivity contribution is 0.406. The second-order valence-corrected chi connectivity index (χ2v) is 21.3. The first-order valence-electron chi connectivity index (χ1n) is 19.8. The molecule has 4 aromatic carbocycles. The first kappa shape index (κ1) is 44.6. The van der Waals surface area contributed by atoms with Crippen LogP contribution in [0.3, 0.4) is 0 Å². The van der Waals surface area contributed by atoms with Crippen LogP contribution in [-0.4, -0.2) is 79.3 Å². The van der Waals surface area contributed by atoms with Gasteiger partial charge in [0.1, 0.15) is 9.96 Å². The van der Waals surface area contributed by atoms with Gasteiger partial charge in [-0.3, -0.25) is 14.4 Å². The molecular weight excluding hydrogens is 918 g/mol. The van der Waals surface area contributed by atoms with Crippen LogP contribution in [0.25, 0.3) is 21.3 Å². The quantitative estimate of drug-likeness (QED) is 0.105. The zero-order valence-corrected chi connectivity index (χ0v) is 39.2. The summed E-state index contributed by atoms with van der Waals surface area (Å²) in [5.41, 5.74) is 3.44. The summed E-state index contributed by atoms with van der Waals surface area (Å²) < 4.78 is 64.7. The summed E-state index contributed by atoms with van der Waals surface area (Å²) >= 11 is 11.0. The highest BCUT2D eigenvalue weighted by molar-refractivity contribution is 9.10. The molecular formula is C44H49BrClN7O5S3. The first-order chi connectivity index (χ1) is 29.1. The van der Waals surface area contributed by atoms with Crippen molar-refractivity contribution in [2.24, 2.45) is 0 Å². The lowest BCUT2D eigenvalue weighted by Crippen LogP contribution is -2.54. The van der Waals surface area contributed by atoms with Gasteiger partial charge in [-0.1, -0.05) is 57.9 Å². The number of piperazine rings is 2. The van der Waals surface area contributed by atoms with Crippen LogP contribution in [0.4, 0.5) is 22.7 Å². The number of halogens is 2. The van der Waals surface area contributed by atoms with Crippen molar-refractivity contribution in [1.82, 2.24) is 15.6 Å². The van der Waals surface area contributed by atoms with Crippen LogP contribution in [-0.2, 0) is 20.0 Å². The molecule has 2 aliphatic rings. The smallest absolute Gasteiger partial charge is 0.271 e. The maximum absolute atomic E-state index is 13.4. The van der Waals surface area contributed by atoms with Gasteiger partial charge < -0.3 is 25.2 Å². The van der Waals surface area contributed by atoms with E-state index in [2.05, 4.69) is 78.5 Å². The van der Waals surface area contributed by atoms with Gasteiger partial charge >= 0.3 is 0 Å². The number of pyridine rings is 1. The minimum Gasteiger partial charge on any atom is -0.495 e. The molecule has 322 valence electrons. The summed E-state index contributed by atoms with van der Waals surface area (Å²) in [6.07, 6.45) is 1.69. The van der Waals surface area contributed by atoms with Crippen LogP contribution in [0.15, 0.2) is 123 Å². The fraction of sp³-hybridized carbons (Fsp3) is 0.295. The number of nitrogens with one attached hydrogen (secondary N) is 4. The molecule has 2 fully saturated rings. The largest absolute Gasteiger partial charge is 0.495 e. The van der Waals surface area contributed by atoms with E-state index in [1.165, 1.54) is 18.4 Å². The van der Waals surface area contributed by atoms with Crippen molar-refractivity contribution in [1.29, 1.82) is 0 Å². The number of sulfonamides is 2. The van der Waals surface area contributed by atoms with Crippen LogP contribution in [0.2, 0.25) is 5.02 Å². The van der Waals surface area contributed by atoms with Crippen molar-refractivity contribution in [3.63, 3.8) is 0 Å². The zero-order chi connectivity index (χ0) is 43.5. The van der Waals surface area contributed by atoms with E-state index in [0.29, 0.717) is 51.7 Å². The lowest BCUT2D eigenvalue weighted by Gasteiger charge is -2.38. The van der Waals surface area contributed by atoms with E-state index in [1.807, 2.05) is 66.7 Å². The Hall–Kier alpha value is -4.42. The van der Waals surface area contributed by atoms with Crippen molar-refractivity contribution in [2.45, 2.75) is 61.0 Å². The van der Waals surface area contributed by atoms with Gasteiger partial charge in [0, 0.05) is 77.8 Å². The van der Waals surface area contributed by atoms with Gasteiger partial charge in [0.25, 0.3) is 20.0 Å². The van der Waals surface area contributed by atoms with E-state index in [0.717, 1.165) is 58.0 Å². The molecule has 4 atom stereocenters. The molecule has 0 saturated carbocycles. The van der Waals surface area contributed by atoms with E-state index < -0.39 is 20.0 Å². The molecule has 6 aromatic rings. The van der Waals surface area contributed by atoms with E-state index in [4.69, 9.17) is 16.3 Å². The number of methoxy groups -OCH3 is 1. The van der Waals surface area contributed by atoms with Gasteiger partial charge in [0.2, 0.25) is 0 Å². The van der Waals surface area contributed by atoms with Gasteiger partial charge in [-0.2, -0.15) is 0 Å². The molecule has 4 heterocycles. The van der Waals surface area contributed by atoms with Crippen molar-refractivity contribution in [3.05, 3.63) is 119 Å². The predicted molar refractivity (Wildman–Crippen MR) is 254 cm³/mol. The number of nitrogens with zero attached hydrogens (tertiary/aromatic N) is 3. The van der Waals surface area contributed by atoms with E-state index in [9.17, 15) is 16.8 Å². The Bertz CT molecular complexity index is 2710. The minimum atomic E-state index is -3.84. The monoisotopic (exact) mass is 965 g/mol. The van der Waals surface area contributed by atoms with Gasteiger partial charge in [0.05, 0.1) is 39.0 Å². The van der Waals surface area contributed by atoms with Gasteiger partial charge in [-0.25, -0.2) is 16.8 Å². The summed E-state index contributed by atoms with van der Waals surface area (Å²) in [5.74, 6) is 0.477. The molecule has 0 spiro atoms. The third kappa shape index (κ3) is 10.6. The number of ether oxygens (including phenoxy) is 1. The molecule has 4 N–H and O–H groups in total. The average Bonchev–Trinajstić information content (AvgIpc) is 3.74. The van der Waals surface area contributed by atoms with Crippen LogP contribution in [0, 0.1) is 0 Å². The first-order valence-corrected chi connectivity index (χ1v) is 24.8. The summed E-state index contributed by atoms with van der Waals surface area (Å²) in [6.45, 7) is 12.0. The molecule has 0 amide bonds. The van der Waals surface area contributed by atoms with E-state index in [1.54, 1.807) is 42.6 Å². The van der Waals surface area contributed by atoms with Crippen molar-refractivity contribution >= 4 is 92.4 Å². The van der Waals surface area contributed by atoms with Crippen LogP contribution in [0.1, 0.15) is 27.7 Å². The number of hydrogen-bond acceptors (Lipinski definition) is 11. The second-order valence-electron chi connectivity index (χ2n) is 15.4. The third-order valence-electron chi connectivity index (χ3n) is 10.4. The number of benzene rings is 4. The number of fused-ring (bicyclic) bond motifs is 1. The number of rotatable bonds is 10. The standard InChI is InChI=1S/C23H26BrN3O3S.C21H23ClN4O2S2/c1-15-13-27(14-16(2)25-15)17-8-10-22(30-3)21(12-17)26-31(28,29)23-11-9-20(24)18-6-4-5-7-19(18)23;1-14-12-26(13-15(2)24-14)16-6-7-17(22)19(11-16)25-30(27,28)21-9-8-20(29-21)18-5-3-4-10-23-18/h4-12,15-16,25-26H,13-14H2,1-3H3;3-11,14-15,24-25H,12-13H2,1-2H3/t15-,16+;14-,15+. The van der Waals surface area contributed by atoms with Gasteiger partial charge in [-0.05, 0) is 106 Å². The average molecular weight is 967 g/mol. The Morgan fingerprint density at radius 2 is 1.28 bits per heavy atom. The van der Waals surface area contributed by atoms with Crippen LogP contribution >= 0.6 is 38.9 Å². The van der Waals surface area contributed by atoms with Gasteiger partial charge in [0.15, 0.2) is 0 Å². The van der Waals surface area contributed by atoms with E-state index in [-0.39, 0.29) is 9.10 Å². The van der Waals surface area contributed by atoms with E-state index >= 15 is 0 Å². The molecule has 17 heteroatoms. The molecule has 0 radical (unpaired) electrons. The Morgan fingerprint density at radius 1 is 0.705 bits per heavy atom. The minimum absolute atomic E-state index is 0.217. The maximum atomic E-state index is 13.4. The Kier molecular flexibility index (Phi) is 13.8. The van der Waals surface area contributed by atoms with Crippen molar-refractivity contribution < 1.29 is 21.6 Å². The van der Waals surface area contributed by atoms with Gasteiger partial charge in [-0.15, -0.1) is 11.3 Å². The summed E-state index contributed by atoms with van der Waals surface area (Å²) in [7, 11) is -6.07. The molecule has 12 nitrogen and oxygen atoms in total. The van der Waals surface area contributed by atoms with Crippen molar-refractivity contribution in [3.8, 4) is 16.3 Å². The Balaban J connectivity index is 0.000000184. The second kappa shape index (κ2) is 18.9. The summed E-state index contributed by atoms with van der Waals surface area (Å²) in [4.78, 5) is 9.80. The molecule has 8 rings (SSSR count). The lowest BCUT2D eigenvalue weighted by atomic mass is 10.1. The zero-order valence-electron chi connectivity index (χ0n) is 34.4. The normalized spacial score (nSPS) is 19.5. The number of thiophene rings is 1. The number of aromatic nitrogens is 1. The Morgan fingerprint density at radius 3 is 1.89 bits per heavy atom.